The van der Waals surface area contributed by atoms with Crippen LogP contribution < -0.4 is 9.46 Å². The van der Waals surface area contributed by atoms with Crippen molar-refractivity contribution < 1.29 is 22.7 Å². The van der Waals surface area contributed by atoms with E-state index in [1.54, 1.807) is 31.4 Å². The number of ether oxygens (including phenoxy) is 2. The number of hydrogen-bond donors (Lipinski definition) is 1. The molecule has 0 heterocycles. The van der Waals surface area contributed by atoms with Crippen molar-refractivity contribution in [3.8, 4) is 5.75 Å². The number of aryl methyl sites for hydroxylation is 1. The lowest BCUT2D eigenvalue weighted by Gasteiger charge is -2.21. The van der Waals surface area contributed by atoms with E-state index < -0.39 is 22.0 Å². The quantitative estimate of drug-likeness (QED) is 0.652. The van der Waals surface area contributed by atoms with E-state index in [-0.39, 0.29) is 11.7 Å². The number of benzene rings is 2. The predicted octanol–water partition coefficient (Wildman–Crippen LogP) is 4.09. The van der Waals surface area contributed by atoms with Crippen LogP contribution in [-0.2, 0) is 20.5 Å². The van der Waals surface area contributed by atoms with Gasteiger partial charge in [-0.1, -0.05) is 26.0 Å². The molecule has 1 atom stereocenters. The van der Waals surface area contributed by atoms with Gasteiger partial charge >= 0.3 is 5.97 Å². The third-order valence-electron chi connectivity index (χ3n) is 4.79. The lowest BCUT2D eigenvalue weighted by atomic mass is 9.94. The van der Waals surface area contributed by atoms with E-state index in [0.29, 0.717) is 11.1 Å². The van der Waals surface area contributed by atoms with Crippen LogP contribution in [0.3, 0.4) is 0 Å². The number of carbonyl (C=O) groups is 1. The molecule has 1 N–H and O–H groups in total. The highest BCUT2D eigenvalue weighted by atomic mass is 32.2. The average molecular weight is 420 g/mol. The Labute approximate surface area is 173 Å². The van der Waals surface area contributed by atoms with Crippen molar-refractivity contribution in [3.05, 3.63) is 64.2 Å². The summed E-state index contributed by atoms with van der Waals surface area (Å²) in [4.78, 5) is 11.5. The standard InChI is InChI=1S/C22H29NO5S/c1-14(2)19-12-20(15(3)11-21(19)27-5)16(4)23-29(25,26)13-17-7-9-18(10-8-17)22(24)28-6/h7-12,14,16,23H,13H2,1-6H3/t16-/m1/s1. The van der Waals surface area contributed by atoms with Gasteiger partial charge in [-0.2, -0.15) is 0 Å². The summed E-state index contributed by atoms with van der Waals surface area (Å²) >= 11 is 0. The van der Waals surface area contributed by atoms with Crippen LogP contribution in [-0.4, -0.2) is 28.6 Å². The maximum Gasteiger partial charge on any atom is 0.337 e. The van der Waals surface area contributed by atoms with Crippen LogP contribution >= 0.6 is 0 Å². The van der Waals surface area contributed by atoms with Gasteiger partial charge in [0, 0.05) is 6.04 Å². The van der Waals surface area contributed by atoms with Gasteiger partial charge in [-0.3, -0.25) is 0 Å². The molecule has 158 valence electrons. The van der Waals surface area contributed by atoms with Gasteiger partial charge in [-0.15, -0.1) is 0 Å². The molecule has 2 aromatic rings. The van der Waals surface area contributed by atoms with Crippen molar-refractivity contribution in [2.45, 2.75) is 45.4 Å². The number of carbonyl (C=O) groups excluding carboxylic acids is 1. The van der Waals surface area contributed by atoms with Gasteiger partial charge in [0.2, 0.25) is 10.0 Å². The van der Waals surface area contributed by atoms with E-state index in [9.17, 15) is 13.2 Å². The lowest BCUT2D eigenvalue weighted by Crippen LogP contribution is -2.28. The summed E-state index contributed by atoms with van der Waals surface area (Å²) in [5.41, 5.74) is 3.89. The Morgan fingerprint density at radius 3 is 2.17 bits per heavy atom. The highest BCUT2D eigenvalue weighted by Gasteiger charge is 2.20. The second kappa shape index (κ2) is 9.41. The maximum atomic E-state index is 12.7. The summed E-state index contributed by atoms with van der Waals surface area (Å²) in [6, 6.07) is 9.92. The van der Waals surface area contributed by atoms with Gasteiger partial charge in [-0.05, 0) is 66.3 Å². The minimum atomic E-state index is -3.58. The fourth-order valence-electron chi connectivity index (χ4n) is 3.26. The highest BCUT2D eigenvalue weighted by Crippen LogP contribution is 2.32. The third kappa shape index (κ3) is 5.81. The number of methoxy groups -OCH3 is 2. The number of nitrogens with one attached hydrogen (secondary N) is 1. The minimum absolute atomic E-state index is 0.176. The average Bonchev–Trinajstić information content (AvgIpc) is 2.66. The van der Waals surface area contributed by atoms with Gasteiger partial charge in [-0.25, -0.2) is 17.9 Å². The molecule has 0 bridgehead atoms. The molecule has 0 aliphatic heterocycles. The number of esters is 1. The van der Waals surface area contributed by atoms with Crippen LogP contribution in [0.25, 0.3) is 0 Å². The molecule has 0 radical (unpaired) electrons. The van der Waals surface area contributed by atoms with Gasteiger partial charge in [0.15, 0.2) is 0 Å². The topological polar surface area (TPSA) is 81.7 Å². The maximum absolute atomic E-state index is 12.7. The van der Waals surface area contributed by atoms with E-state index in [1.807, 2.05) is 26.0 Å². The second-order valence-electron chi connectivity index (χ2n) is 7.39. The van der Waals surface area contributed by atoms with Crippen LogP contribution in [0.15, 0.2) is 36.4 Å². The monoisotopic (exact) mass is 419 g/mol. The molecular formula is C22H29NO5S. The Morgan fingerprint density at radius 2 is 1.66 bits per heavy atom. The summed E-state index contributed by atoms with van der Waals surface area (Å²) in [6.45, 7) is 7.92. The minimum Gasteiger partial charge on any atom is -0.496 e. The molecule has 0 unspecified atom stereocenters. The highest BCUT2D eigenvalue weighted by molar-refractivity contribution is 7.88. The first-order valence-corrected chi connectivity index (χ1v) is 11.1. The zero-order chi connectivity index (χ0) is 21.8. The Morgan fingerprint density at radius 1 is 1.03 bits per heavy atom. The molecule has 0 aliphatic carbocycles. The van der Waals surface area contributed by atoms with E-state index >= 15 is 0 Å². The molecule has 29 heavy (non-hydrogen) atoms. The van der Waals surface area contributed by atoms with Crippen molar-refractivity contribution in [1.82, 2.24) is 4.72 Å². The first kappa shape index (κ1) is 22.9. The molecule has 6 nitrogen and oxygen atoms in total. The summed E-state index contributed by atoms with van der Waals surface area (Å²) in [5, 5.41) is 0. The second-order valence-corrected chi connectivity index (χ2v) is 9.15. The first-order valence-electron chi connectivity index (χ1n) is 9.43. The van der Waals surface area contributed by atoms with E-state index in [2.05, 4.69) is 23.3 Å². The van der Waals surface area contributed by atoms with Gasteiger partial charge < -0.3 is 9.47 Å². The van der Waals surface area contributed by atoms with Crippen LogP contribution in [0.5, 0.6) is 5.75 Å². The summed E-state index contributed by atoms with van der Waals surface area (Å²) in [6.07, 6.45) is 0. The van der Waals surface area contributed by atoms with Crippen LogP contribution in [0.1, 0.15) is 65.3 Å². The number of sulfonamides is 1. The molecule has 0 spiro atoms. The largest absolute Gasteiger partial charge is 0.496 e. The molecule has 7 heteroatoms. The van der Waals surface area contributed by atoms with Crippen LogP contribution in [0.4, 0.5) is 0 Å². The van der Waals surface area contributed by atoms with Crippen LogP contribution in [0, 0.1) is 6.92 Å². The Balaban J connectivity index is 2.20. The normalized spacial score (nSPS) is 12.7. The number of hydrogen-bond acceptors (Lipinski definition) is 5. The van der Waals surface area contributed by atoms with Crippen molar-refractivity contribution in [2.75, 3.05) is 14.2 Å². The fraction of sp³-hybridized carbons (Fsp3) is 0.409. The third-order valence-corrected chi connectivity index (χ3v) is 6.22. The van der Waals surface area contributed by atoms with E-state index in [4.69, 9.17) is 4.74 Å². The lowest BCUT2D eigenvalue weighted by molar-refractivity contribution is 0.0600. The summed E-state index contributed by atoms with van der Waals surface area (Å²) in [5.74, 6) is 0.427. The Hall–Kier alpha value is -2.38. The molecule has 0 fully saturated rings. The zero-order valence-electron chi connectivity index (χ0n) is 17.8. The van der Waals surface area contributed by atoms with E-state index in [1.165, 1.54) is 7.11 Å². The van der Waals surface area contributed by atoms with Crippen molar-refractivity contribution in [2.24, 2.45) is 0 Å². The molecule has 0 saturated carbocycles. The van der Waals surface area contributed by atoms with Gasteiger partial charge in [0.25, 0.3) is 0 Å². The van der Waals surface area contributed by atoms with Crippen LogP contribution in [0.2, 0.25) is 0 Å². The molecule has 0 amide bonds. The molecule has 0 saturated heterocycles. The SMILES string of the molecule is COC(=O)c1ccc(CS(=O)(=O)N[C@H](C)c2cc(C(C)C)c(OC)cc2C)cc1. The van der Waals surface area contributed by atoms with Crippen molar-refractivity contribution in [1.29, 1.82) is 0 Å². The Bertz CT molecular complexity index is 965. The molecule has 0 aromatic heterocycles. The molecule has 0 aliphatic rings. The van der Waals surface area contributed by atoms with E-state index in [0.717, 1.165) is 22.4 Å². The molecule has 2 aromatic carbocycles. The Kier molecular flexibility index (Phi) is 7.43. The fourth-order valence-corrected chi connectivity index (χ4v) is 4.64. The molecule has 2 rings (SSSR count). The first-order chi connectivity index (χ1) is 13.6. The molecular weight excluding hydrogens is 390 g/mol. The van der Waals surface area contributed by atoms with Gasteiger partial charge in [0.05, 0.1) is 25.5 Å². The van der Waals surface area contributed by atoms with Crippen molar-refractivity contribution >= 4 is 16.0 Å². The summed E-state index contributed by atoms with van der Waals surface area (Å²) in [7, 11) is -0.643. The summed E-state index contributed by atoms with van der Waals surface area (Å²) < 4.78 is 38.2. The zero-order valence-corrected chi connectivity index (χ0v) is 18.6. The number of rotatable bonds is 8. The smallest absolute Gasteiger partial charge is 0.337 e. The van der Waals surface area contributed by atoms with Crippen molar-refractivity contribution in [3.63, 3.8) is 0 Å². The predicted molar refractivity (Wildman–Crippen MR) is 114 cm³/mol. The van der Waals surface area contributed by atoms with Gasteiger partial charge in [0.1, 0.15) is 5.75 Å².